The third-order valence-electron chi connectivity index (χ3n) is 4.55. The van der Waals surface area contributed by atoms with Gasteiger partial charge in [-0.25, -0.2) is 0 Å². The maximum Gasteiger partial charge on any atom is 0.240 e. The van der Waals surface area contributed by atoms with E-state index in [0.29, 0.717) is 18.1 Å². The average molecular weight is 381 g/mol. The SMILES string of the molecule is CCc1cccc(C)c1NC(=S)NNC(=O)CCn1ccc2ccccc21. The molecule has 140 valence electrons. The van der Waals surface area contributed by atoms with Crippen LogP contribution in [-0.2, 0) is 17.8 Å². The lowest BCUT2D eigenvalue weighted by Crippen LogP contribution is -2.44. The predicted molar refractivity (Wildman–Crippen MR) is 115 cm³/mol. The molecule has 0 unspecified atom stereocenters. The minimum absolute atomic E-state index is 0.113. The van der Waals surface area contributed by atoms with E-state index in [0.717, 1.165) is 23.2 Å². The third kappa shape index (κ3) is 4.65. The number of nitrogens with zero attached hydrogens (tertiary/aromatic N) is 1. The Morgan fingerprint density at radius 2 is 1.89 bits per heavy atom. The minimum atomic E-state index is -0.113. The summed E-state index contributed by atoms with van der Waals surface area (Å²) in [7, 11) is 0. The van der Waals surface area contributed by atoms with Crippen molar-refractivity contribution in [2.45, 2.75) is 33.2 Å². The summed E-state index contributed by atoms with van der Waals surface area (Å²) < 4.78 is 2.08. The summed E-state index contributed by atoms with van der Waals surface area (Å²) in [4.78, 5) is 12.1. The van der Waals surface area contributed by atoms with Gasteiger partial charge in [-0.05, 0) is 54.2 Å². The molecule has 1 heterocycles. The number of aromatic nitrogens is 1. The monoisotopic (exact) mass is 380 g/mol. The highest BCUT2D eigenvalue weighted by atomic mass is 32.1. The molecule has 5 nitrogen and oxygen atoms in total. The molecule has 27 heavy (non-hydrogen) atoms. The summed E-state index contributed by atoms with van der Waals surface area (Å²) in [5.41, 5.74) is 9.87. The molecule has 0 aliphatic rings. The van der Waals surface area contributed by atoms with Crippen LogP contribution >= 0.6 is 12.2 Å². The van der Waals surface area contributed by atoms with Crippen LogP contribution in [-0.4, -0.2) is 15.6 Å². The molecule has 0 atom stereocenters. The number of thiocarbonyl (C=S) groups is 1. The van der Waals surface area contributed by atoms with Crippen molar-refractivity contribution in [2.24, 2.45) is 0 Å². The number of fused-ring (bicyclic) bond motifs is 1. The highest BCUT2D eigenvalue weighted by Gasteiger charge is 2.08. The van der Waals surface area contributed by atoms with Crippen molar-refractivity contribution >= 4 is 39.8 Å². The Balaban J connectivity index is 1.50. The number of anilines is 1. The van der Waals surface area contributed by atoms with Gasteiger partial charge in [-0.3, -0.25) is 15.6 Å². The van der Waals surface area contributed by atoms with Crippen molar-refractivity contribution in [2.75, 3.05) is 5.32 Å². The smallest absolute Gasteiger partial charge is 0.240 e. The van der Waals surface area contributed by atoms with E-state index in [-0.39, 0.29) is 5.91 Å². The Hall–Kier alpha value is -2.86. The van der Waals surface area contributed by atoms with Crippen LogP contribution in [0.15, 0.2) is 54.7 Å². The molecule has 3 rings (SSSR count). The van der Waals surface area contributed by atoms with Crippen molar-refractivity contribution < 1.29 is 4.79 Å². The Morgan fingerprint density at radius 3 is 2.70 bits per heavy atom. The van der Waals surface area contributed by atoms with Gasteiger partial charge in [0, 0.05) is 30.4 Å². The normalized spacial score (nSPS) is 10.6. The third-order valence-corrected chi connectivity index (χ3v) is 4.76. The number of hydrogen-bond acceptors (Lipinski definition) is 2. The minimum Gasteiger partial charge on any atom is -0.347 e. The van der Waals surface area contributed by atoms with E-state index in [1.807, 2.05) is 37.4 Å². The molecule has 0 radical (unpaired) electrons. The van der Waals surface area contributed by atoms with Gasteiger partial charge < -0.3 is 9.88 Å². The quantitative estimate of drug-likeness (QED) is 0.464. The number of carbonyl (C=O) groups excluding carboxylic acids is 1. The zero-order valence-corrected chi connectivity index (χ0v) is 16.4. The van der Waals surface area contributed by atoms with Crippen LogP contribution in [0.3, 0.4) is 0 Å². The first-order valence-corrected chi connectivity index (χ1v) is 9.47. The van der Waals surface area contributed by atoms with Crippen LogP contribution in [0.2, 0.25) is 0 Å². The van der Waals surface area contributed by atoms with Gasteiger partial charge in [0.1, 0.15) is 0 Å². The molecule has 3 aromatic rings. The summed E-state index contributed by atoms with van der Waals surface area (Å²) in [5.74, 6) is -0.113. The van der Waals surface area contributed by atoms with E-state index in [2.05, 4.69) is 51.9 Å². The number of aryl methyl sites for hydroxylation is 3. The maximum absolute atomic E-state index is 12.1. The summed E-state index contributed by atoms with van der Waals surface area (Å²) in [5, 5.41) is 4.73. The Bertz CT molecular complexity index is 964. The van der Waals surface area contributed by atoms with E-state index in [1.165, 1.54) is 10.9 Å². The van der Waals surface area contributed by atoms with Gasteiger partial charge in [0.25, 0.3) is 0 Å². The molecular formula is C21H24N4OS. The summed E-state index contributed by atoms with van der Waals surface area (Å²) in [6, 6.07) is 16.3. The number of nitrogens with one attached hydrogen (secondary N) is 3. The van der Waals surface area contributed by atoms with Crippen LogP contribution in [0.1, 0.15) is 24.5 Å². The number of rotatable bonds is 5. The van der Waals surface area contributed by atoms with E-state index in [9.17, 15) is 4.79 Å². The predicted octanol–water partition coefficient (Wildman–Crippen LogP) is 3.92. The van der Waals surface area contributed by atoms with Crippen LogP contribution in [0.25, 0.3) is 10.9 Å². The molecule has 0 fully saturated rings. The van der Waals surface area contributed by atoms with E-state index >= 15 is 0 Å². The molecule has 0 spiro atoms. The molecule has 6 heteroatoms. The number of hydrazine groups is 1. The van der Waals surface area contributed by atoms with Crippen molar-refractivity contribution in [3.63, 3.8) is 0 Å². The van der Waals surface area contributed by atoms with Crippen LogP contribution in [0.5, 0.6) is 0 Å². The lowest BCUT2D eigenvalue weighted by Gasteiger charge is -2.16. The first kappa shape index (κ1) is 18.9. The second-order valence-corrected chi connectivity index (χ2v) is 6.82. The zero-order chi connectivity index (χ0) is 19.2. The Morgan fingerprint density at radius 1 is 1.07 bits per heavy atom. The van der Waals surface area contributed by atoms with Gasteiger partial charge in [-0.1, -0.05) is 43.3 Å². The molecule has 0 aliphatic carbocycles. The molecular weight excluding hydrogens is 356 g/mol. The fraction of sp³-hybridized carbons (Fsp3) is 0.238. The van der Waals surface area contributed by atoms with Gasteiger partial charge in [-0.15, -0.1) is 0 Å². The fourth-order valence-corrected chi connectivity index (χ4v) is 3.25. The van der Waals surface area contributed by atoms with Crippen LogP contribution < -0.4 is 16.2 Å². The van der Waals surface area contributed by atoms with Gasteiger partial charge in [0.2, 0.25) is 5.91 Å². The molecule has 0 saturated heterocycles. The van der Waals surface area contributed by atoms with Gasteiger partial charge >= 0.3 is 0 Å². The molecule has 2 aromatic carbocycles. The Labute approximate surface area is 164 Å². The second-order valence-electron chi connectivity index (χ2n) is 6.41. The molecule has 1 aromatic heterocycles. The number of benzene rings is 2. The molecule has 0 bridgehead atoms. The van der Waals surface area contributed by atoms with Crippen LogP contribution in [0, 0.1) is 6.92 Å². The first-order valence-electron chi connectivity index (χ1n) is 9.06. The molecule has 0 aliphatic heterocycles. The lowest BCUT2D eigenvalue weighted by atomic mass is 10.1. The van der Waals surface area contributed by atoms with E-state index in [4.69, 9.17) is 12.2 Å². The number of carbonyl (C=O) groups is 1. The molecule has 1 amide bonds. The number of para-hydroxylation sites is 2. The van der Waals surface area contributed by atoms with Crippen molar-refractivity contribution in [1.29, 1.82) is 0 Å². The standard InChI is InChI=1S/C21H24N4OS/c1-3-16-9-6-7-15(2)20(16)22-21(27)24-23-19(26)12-14-25-13-11-17-8-4-5-10-18(17)25/h4-11,13H,3,12,14H2,1-2H3,(H,23,26)(H2,22,24,27). The van der Waals surface area contributed by atoms with Crippen molar-refractivity contribution in [1.82, 2.24) is 15.4 Å². The highest BCUT2D eigenvalue weighted by Crippen LogP contribution is 2.20. The van der Waals surface area contributed by atoms with E-state index in [1.54, 1.807) is 0 Å². The fourth-order valence-electron chi connectivity index (χ4n) is 3.09. The number of amides is 1. The Kier molecular flexibility index (Phi) is 6.08. The van der Waals surface area contributed by atoms with Crippen molar-refractivity contribution in [3.8, 4) is 0 Å². The second kappa shape index (κ2) is 8.68. The topological polar surface area (TPSA) is 58.1 Å². The van der Waals surface area contributed by atoms with Crippen LogP contribution in [0.4, 0.5) is 5.69 Å². The summed E-state index contributed by atoms with van der Waals surface area (Å²) in [6.45, 7) is 4.74. The average Bonchev–Trinajstić information content (AvgIpc) is 3.09. The largest absolute Gasteiger partial charge is 0.347 e. The molecule has 0 saturated carbocycles. The lowest BCUT2D eigenvalue weighted by molar-refractivity contribution is -0.121. The highest BCUT2D eigenvalue weighted by molar-refractivity contribution is 7.80. The molecule has 3 N–H and O–H groups in total. The van der Waals surface area contributed by atoms with E-state index < -0.39 is 0 Å². The van der Waals surface area contributed by atoms with Gasteiger partial charge in [-0.2, -0.15) is 0 Å². The first-order chi connectivity index (χ1) is 13.1. The summed E-state index contributed by atoms with van der Waals surface area (Å²) in [6.07, 6.45) is 3.27. The van der Waals surface area contributed by atoms with Gasteiger partial charge in [0.15, 0.2) is 5.11 Å². The number of hydrogen-bond donors (Lipinski definition) is 3. The van der Waals surface area contributed by atoms with Gasteiger partial charge in [0.05, 0.1) is 0 Å². The maximum atomic E-state index is 12.1. The van der Waals surface area contributed by atoms with Crippen molar-refractivity contribution in [3.05, 3.63) is 65.9 Å². The zero-order valence-electron chi connectivity index (χ0n) is 15.6. The summed E-state index contributed by atoms with van der Waals surface area (Å²) >= 11 is 5.31.